The van der Waals surface area contributed by atoms with Gasteiger partial charge in [-0.3, -0.25) is 4.79 Å². The van der Waals surface area contributed by atoms with Crippen LogP contribution in [-0.2, 0) is 22.6 Å². The van der Waals surface area contributed by atoms with Crippen molar-refractivity contribution >= 4 is 22.5 Å². The number of amides is 1. The zero-order valence-electron chi connectivity index (χ0n) is 24.2. The maximum absolute atomic E-state index is 12.3. The molecule has 8 nitrogen and oxygen atoms in total. The van der Waals surface area contributed by atoms with Gasteiger partial charge in [0.1, 0.15) is 12.4 Å². The van der Waals surface area contributed by atoms with Gasteiger partial charge in [0.25, 0.3) is 0 Å². The fourth-order valence-electron chi connectivity index (χ4n) is 5.99. The summed E-state index contributed by atoms with van der Waals surface area (Å²) in [6, 6.07) is 13.3. The van der Waals surface area contributed by atoms with Crippen molar-refractivity contribution in [2.75, 3.05) is 50.8 Å². The summed E-state index contributed by atoms with van der Waals surface area (Å²) in [7, 11) is 0. The third-order valence-electron chi connectivity index (χ3n) is 8.27. The number of nitrogens with zero attached hydrogens (tertiary/aromatic N) is 5. The Morgan fingerprint density at radius 2 is 1.95 bits per heavy atom. The number of likely N-dealkylation sites (N-methyl/N-ethyl adjacent to an activating group) is 1. The van der Waals surface area contributed by atoms with Crippen molar-refractivity contribution in [2.45, 2.75) is 52.9 Å². The van der Waals surface area contributed by atoms with Crippen molar-refractivity contribution in [3.05, 3.63) is 71.4 Å². The Morgan fingerprint density at radius 3 is 2.67 bits per heavy atom. The van der Waals surface area contributed by atoms with Crippen LogP contribution in [0.15, 0.2) is 49.1 Å². The highest BCUT2D eigenvalue weighted by Gasteiger charge is 2.33. The molecule has 2 aromatic carbocycles. The quantitative estimate of drug-likeness (QED) is 0.363. The van der Waals surface area contributed by atoms with Crippen LogP contribution in [0.3, 0.4) is 0 Å². The molecule has 0 spiro atoms. The Kier molecular flexibility index (Phi) is 8.66. The first kappa shape index (κ1) is 28.1. The molecule has 0 bridgehead atoms. The first-order valence-corrected chi connectivity index (χ1v) is 14.5. The van der Waals surface area contributed by atoms with Crippen molar-refractivity contribution in [1.82, 2.24) is 19.8 Å². The van der Waals surface area contributed by atoms with E-state index in [2.05, 4.69) is 80.5 Å². The minimum atomic E-state index is -0.107. The fourth-order valence-corrected chi connectivity index (χ4v) is 5.99. The van der Waals surface area contributed by atoms with Gasteiger partial charge in [-0.15, -0.1) is 0 Å². The number of carbonyl (C=O) groups excluding carboxylic acids is 1. The highest BCUT2D eigenvalue weighted by molar-refractivity contribution is 5.89. The van der Waals surface area contributed by atoms with Gasteiger partial charge in [0, 0.05) is 44.2 Å². The van der Waals surface area contributed by atoms with E-state index in [1.807, 2.05) is 4.90 Å². The molecule has 1 saturated heterocycles. The molecule has 2 atom stereocenters. The second kappa shape index (κ2) is 12.4. The number of aryl methyl sites for hydroxylation is 1. The minimum Gasteiger partial charge on any atom is -0.462 e. The van der Waals surface area contributed by atoms with Crippen LogP contribution in [0.2, 0.25) is 0 Å². The molecule has 8 heteroatoms. The SMILES string of the molecule is C=CC(=O)N1CCN(c2nc(OCCN(CC)CC)nc3c2COC(c2cccc4cccc(C)c24)C3)C[C@@H]1C. The molecule has 1 fully saturated rings. The summed E-state index contributed by atoms with van der Waals surface area (Å²) >= 11 is 0. The Morgan fingerprint density at radius 1 is 1.18 bits per heavy atom. The second-order valence-corrected chi connectivity index (χ2v) is 10.7. The van der Waals surface area contributed by atoms with Crippen LogP contribution >= 0.6 is 0 Å². The monoisotopic (exact) mass is 543 g/mol. The van der Waals surface area contributed by atoms with E-state index in [1.54, 1.807) is 0 Å². The highest BCUT2D eigenvalue weighted by atomic mass is 16.5. The molecule has 212 valence electrons. The number of carbonyl (C=O) groups is 1. The number of benzene rings is 2. The van der Waals surface area contributed by atoms with Crippen LogP contribution in [0, 0.1) is 6.92 Å². The number of rotatable bonds is 9. The topological polar surface area (TPSA) is 71.0 Å². The smallest absolute Gasteiger partial charge is 0.318 e. The van der Waals surface area contributed by atoms with Gasteiger partial charge in [-0.25, -0.2) is 0 Å². The average Bonchev–Trinajstić information content (AvgIpc) is 2.98. The second-order valence-electron chi connectivity index (χ2n) is 10.7. The number of hydrogen-bond acceptors (Lipinski definition) is 7. The van der Waals surface area contributed by atoms with Crippen molar-refractivity contribution in [1.29, 1.82) is 0 Å². The molecule has 40 heavy (non-hydrogen) atoms. The largest absolute Gasteiger partial charge is 0.462 e. The van der Waals surface area contributed by atoms with Gasteiger partial charge >= 0.3 is 6.01 Å². The Balaban J connectivity index is 1.46. The van der Waals surface area contributed by atoms with Gasteiger partial charge in [0.2, 0.25) is 5.91 Å². The summed E-state index contributed by atoms with van der Waals surface area (Å²) in [5, 5.41) is 2.47. The molecule has 0 radical (unpaired) electrons. The summed E-state index contributed by atoms with van der Waals surface area (Å²) in [5.74, 6) is 0.821. The standard InChI is InChI=1S/C32H41N5O3/c1-6-29(38)37-16-15-36(20-23(37)5)31-26-21-40-28(25-14-10-13-24-12-9-11-22(4)30(24)25)19-27(26)33-32(34-31)39-18-17-35(7-2)8-3/h6,9-14,23,28H,1,7-8,15-21H2,2-5H3/t23-,28?/m0/s1. The van der Waals surface area contributed by atoms with E-state index in [-0.39, 0.29) is 18.1 Å². The number of ether oxygens (including phenoxy) is 2. The fraction of sp³-hybridized carbons (Fsp3) is 0.469. The molecule has 2 aliphatic rings. The highest BCUT2D eigenvalue weighted by Crippen LogP contribution is 2.38. The van der Waals surface area contributed by atoms with Crippen molar-refractivity contribution in [3.63, 3.8) is 0 Å². The summed E-state index contributed by atoms with van der Waals surface area (Å²) in [5.41, 5.74) is 4.42. The van der Waals surface area contributed by atoms with Gasteiger partial charge in [-0.2, -0.15) is 9.97 Å². The summed E-state index contributed by atoms with van der Waals surface area (Å²) in [4.78, 5) is 28.6. The lowest BCUT2D eigenvalue weighted by molar-refractivity contribution is -0.128. The number of aromatic nitrogens is 2. The Labute approximate surface area is 237 Å². The van der Waals surface area contributed by atoms with E-state index in [1.165, 1.54) is 28.0 Å². The minimum absolute atomic E-state index is 0.0335. The van der Waals surface area contributed by atoms with Crippen LogP contribution < -0.4 is 9.64 Å². The zero-order valence-corrected chi connectivity index (χ0v) is 24.2. The summed E-state index contributed by atoms with van der Waals surface area (Å²) in [6.07, 6.45) is 1.93. The van der Waals surface area contributed by atoms with E-state index in [0.717, 1.165) is 36.7 Å². The van der Waals surface area contributed by atoms with Crippen LogP contribution in [0.1, 0.15) is 49.3 Å². The first-order valence-electron chi connectivity index (χ1n) is 14.5. The van der Waals surface area contributed by atoms with Crippen LogP contribution in [0.4, 0.5) is 5.82 Å². The van der Waals surface area contributed by atoms with E-state index in [4.69, 9.17) is 19.4 Å². The maximum atomic E-state index is 12.3. The maximum Gasteiger partial charge on any atom is 0.318 e. The van der Waals surface area contributed by atoms with Crippen LogP contribution in [0.25, 0.3) is 10.8 Å². The number of piperazine rings is 1. The van der Waals surface area contributed by atoms with Crippen LogP contribution in [-0.4, -0.2) is 77.6 Å². The van der Waals surface area contributed by atoms with Gasteiger partial charge in [0.05, 0.1) is 18.4 Å². The average molecular weight is 544 g/mol. The molecule has 1 aromatic heterocycles. The van der Waals surface area contributed by atoms with Gasteiger partial charge in [0.15, 0.2) is 0 Å². The summed E-state index contributed by atoms with van der Waals surface area (Å²) < 4.78 is 12.7. The van der Waals surface area contributed by atoms with Crippen molar-refractivity contribution in [3.8, 4) is 6.01 Å². The Bertz CT molecular complexity index is 1370. The van der Waals surface area contributed by atoms with Crippen molar-refractivity contribution < 1.29 is 14.3 Å². The molecule has 1 unspecified atom stereocenters. The lowest BCUT2D eigenvalue weighted by atomic mass is 9.92. The van der Waals surface area contributed by atoms with Gasteiger partial charge in [-0.05, 0) is 54.9 Å². The molecule has 3 aromatic rings. The predicted molar refractivity (Wildman–Crippen MR) is 159 cm³/mol. The summed E-state index contributed by atoms with van der Waals surface area (Å²) in [6.45, 7) is 17.9. The lowest BCUT2D eigenvalue weighted by Gasteiger charge is -2.41. The number of anilines is 1. The molecule has 0 aliphatic carbocycles. The molecule has 3 heterocycles. The third kappa shape index (κ3) is 5.69. The molecule has 2 aliphatic heterocycles. The normalized spacial score (nSPS) is 19.1. The predicted octanol–water partition coefficient (Wildman–Crippen LogP) is 4.70. The molecule has 0 saturated carbocycles. The molecular weight excluding hydrogens is 502 g/mol. The molecular formula is C32H41N5O3. The first-order chi connectivity index (χ1) is 19.4. The Hall–Kier alpha value is -3.49. The van der Waals surface area contributed by atoms with Crippen LogP contribution in [0.5, 0.6) is 6.01 Å². The van der Waals surface area contributed by atoms with E-state index >= 15 is 0 Å². The molecule has 0 N–H and O–H groups in total. The molecule has 1 amide bonds. The van der Waals surface area contributed by atoms with Crippen molar-refractivity contribution in [2.24, 2.45) is 0 Å². The van der Waals surface area contributed by atoms with E-state index < -0.39 is 0 Å². The van der Waals surface area contributed by atoms with E-state index in [9.17, 15) is 4.79 Å². The number of hydrogen-bond donors (Lipinski definition) is 0. The molecule has 5 rings (SSSR count). The van der Waals surface area contributed by atoms with Gasteiger partial charge in [-0.1, -0.05) is 56.8 Å². The van der Waals surface area contributed by atoms with E-state index in [0.29, 0.717) is 45.3 Å². The van der Waals surface area contributed by atoms with Gasteiger partial charge < -0.3 is 24.2 Å². The third-order valence-corrected chi connectivity index (χ3v) is 8.27. The lowest BCUT2D eigenvalue weighted by Crippen LogP contribution is -2.54. The zero-order chi connectivity index (χ0) is 28.2. The number of fused-ring (bicyclic) bond motifs is 2.